The van der Waals surface area contributed by atoms with Crippen molar-refractivity contribution < 1.29 is 32.4 Å². The number of amides is 5. The van der Waals surface area contributed by atoms with Gasteiger partial charge >= 0.3 is 6.03 Å². The van der Waals surface area contributed by atoms with Crippen LogP contribution in [-0.4, -0.2) is 85.9 Å². The Kier molecular flexibility index (Phi) is 11.7. The average molecular weight is 774 g/mol. The van der Waals surface area contributed by atoms with Gasteiger partial charge in [-0.05, 0) is 77.0 Å². The van der Waals surface area contributed by atoms with Crippen LogP contribution in [-0.2, 0) is 35.4 Å². The molecular formula is C39H59N5O7S2. The molecule has 3 heterocycles. The minimum absolute atomic E-state index is 0.0388. The highest BCUT2D eigenvalue weighted by Crippen LogP contribution is 2.65. The number of hydrogen-bond acceptors (Lipinski definition) is 8. The molecule has 1 aromatic rings. The van der Waals surface area contributed by atoms with Gasteiger partial charge in [0.05, 0.1) is 16.7 Å². The Bertz CT molecular complexity index is 1720. The highest BCUT2D eigenvalue weighted by molar-refractivity contribution is 7.91. The molecule has 5 rings (SSSR count). The van der Waals surface area contributed by atoms with E-state index in [-0.39, 0.29) is 58.7 Å². The highest BCUT2D eigenvalue weighted by Gasteiger charge is 2.70. The summed E-state index contributed by atoms with van der Waals surface area (Å²) >= 11 is 1.45. The second-order valence-electron chi connectivity index (χ2n) is 18.4. The number of carbonyl (C=O) groups is 5. The highest BCUT2D eigenvalue weighted by atomic mass is 32.2. The zero-order valence-corrected chi connectivity index (χ0v) is 34.2. The van der Waals surface area contributed by atoms with E-state index in [0.29, 0.717) is 37.1 Å². The number of rotatable bonds is 13. The Morgan fingerprint density at radius 1 is 0.981 bits per heavy atom. The Labute approximate surface area is 319 Å². The van der Waals surface area contributed by atoms with E-state index < -0.39 is 57.0 Å². The maximum absolute atomic E-state index is 14.6. The number of urea groups is 1. The lowest BCUT2D eigenvalue weighted by Crippen LogP contribution is -2.62. The van der Waals surface area contributed by atoms with Crippen molar-refractivity contribution in [3.8, 4) is 0 Å². The largest absolute Gasteiger partial charge is 0.346 e. The fraction of sp³-hybridized carbons (Fsp3) is 0.718. The fourth-order valence-corrected chi connectivity index (χ4v) is 11.3. The van der Waals surface area contributed by atoms with Crippen LogP contribution in [0.5, 0.6) is 0 Å². The molecule has 2 aliphatic heterocycles. The van der Waals surface area contributed by atoms with Crippen LogP contribution >= 0.6 is 11.3 Å². The lowest BCUT2D eigenvalue weighted by atomic mass is 9.79. The number of hydrogen-bond donors (Lipinski definition) is 4. The molecule has 1 saturated heterocycles. The number of carbonyl (C=O) groups excluding carboxylic acids is 5. The van der Waals surface area contributed by atoms with E-state index in [1.807, 2.05) is 46.9 Å². The number of thiophene rings is 1. The summed E-state index contributed by atoms with van der Waals surface area (Å²) in [5.41, 5.74) is -1.29. The molecule has 0 bridgehead atoms. The van der Waals surface area contributed by atoms with Crippen LogP contribution in [0.3, 0.4) is 0 Å². The second kappa shape index (κ2) is 15.1. The first kappa shape index (κ1) is 40.9. The third-order valence-corrected chi connectivity index (χ3v) is 14.8. The number of likely N-dealkylation sites (tertiary alicyclic amines) is 1. The fourth-order valence-electron chi connectivity index (χ4n) is 8.26. The number of sulfone groups is 1. The molecule has 4 aliphatic rings. The van der Waals surface area contributed by atoms with Gasteiger partial charge in [0.15, 0.2) is 9.84 Å². The van der Waals surface area contributed by atoms with Crippen LogP contribution in [0.1, 0.15) is 92.4 Å². The summed E-state index contributed by atoms with van der Waals surface area (Å²) in [6.07, 6.45) is 5.37. The molecule has 12 nitrogen and oxygen atoms in total. The zero-order chi connectivity index (χ0) is 39.3. The van der Waals surface area contributed by atoms with E-state index in [1.54, 1.807) is 11.0 Å². The molecule has 3 unspecified atom stereocenters. The number of piperidine rings is 1. The van der Waals surface area contributed by atoms with Gasteiger partial charge in [-0.1, -0.05) is 74.3 Å². The summed E-state index contributed by atoms with van der Waals surface area (Å²) in [6, 6.07) is -2.00. The van der Waals surface area contributed by atoms with E-state index >= 15 is 0 Å². The summed E-state index contributed by atoms with van der Waals surface area (Å²) in [7, 11) is -3.35. The maximum atomic E-state index is 14.6. The van der Waals surface area contributed by atoms with Crippen LogP contribution in [0, 0.1) is 39.9 Å². The van der Waals surface area contributed by atoms with Crippen LogP contribution in [0.25, 0.3) is 0 Å². The summed E-state index contributed by atoms with van der Waals surface area (Å²) in [5, 5.41) is 13.3. The van der Waals surface area contributed by atoms with Gasteiger partial charge in [0.1, 0.15) is 12.1 Å². The minimum Gasteiger partial charge on any atom is -0.346 e. The molecule has 0 aromatic carbocycles. The van der Waals surface area contributed by atoms with Gasteiger partial charge in [0.25, 0.3) is 5.91 Å². The van der Waals surface area contributed by atoms with E-state index in [2.05, 4.69) is 41.7 Å². The first-order valence-electron chi connectivity index (χ1n) is 19.0. The van der Waals surface area contributed by atoms with Crippen LogP contribution in [0.2, 0.25) is 0 Å². The predicted octanol–water partition coefficient (Wildman–Crippen LogP) is 4.24. The number of ketones is 1. The van der Waals surface area contributed by atoms with Crippen molar-refractivity contribution in [3.63, 3.8) is 0 Å². The number of nitrogens with one attached hydrogen (secondary N) is 4. The van der Waals surface area contributed by atoms with Crippen molar-refractivity contribution in [2.24, 2.45) is 39.9 Å². The Morgan fingerprint density at radius 3 is 2.26 bits per heavy atom. The van der Waals surface area contributed by atoms with E-state index in [9.17, 15) is 32.4 Å². The van der Waals surface area contributed by atoms with Crippen LogP contribution < -0.4 is 21.3 Å². The van der Waals surface area contributed by atoms with Gasteiger partial charge in [-0.15, -0.1) is 17.9 Å². The molecular weight excluding hydrogens is 715 g/mol. The number of nitrogens with zero attached hydrogens (tertiary/aromatic N) is 1. The monoisotopic (exact) mass is 773 g/mol. The molecule has 294 valence electrons. The van der Waals surface area contributed by atoms with E-state index in [4.69, 9.17) is 0 Å². The lowest BCUT2D eigenvalue weighted by Gasteiger charge is -2.39. The molecule has 2 saturated carbocycles. The first-order chi connectivity index (χ1) is 24.6. The zero-order valence-electron chi connectivity index (χ0n) is 32.5. The van der Waals surface area contributed by atoms with Crippen molar-refractivity contribution in [2.45, 2.75) is 123 Å². The Morgan fingerprint density at radius 2 is 1.66 bits per heavy atom. The van der Waals surface area contributed by atoms with Crippen molar-refractivity contribution >= 4 is 50.7 Å². The summed E-state index contributed by atoms with van der Waals surface area (Å²) < 4.78 is 25.8. The topological polar surface area (TPSA) is 171 Å². The molecule has 0 spiro atoms. The van der Waals surface area contributed by atoms with Gasteiger partial charge in [-0.2, -0.15) is 0 Å². The van der Waals surface area contributed by atoms with E-state index in [1.165, 1.54) is 17.4 Å². The third-order valence-electron chi connectivity index (χ3n) is 11.9. The standard InChI is InChI=1S/C39H59N5O7S2/c1-10-15-40-34(47)31(45)25(18-22-11-12-22)41-33(46)30-29-24(39(29,8)9)21-44(30)35(48)32(38(5,6)7)43-36(49)42-28(37(2,3)4)20-23-14-17-53(50,51)27-13-16-52-26(27)19-23/h10,13,16,22-25,28-30,32H,1,11-12,14-15,17-21H2,2-9H3,(H,40,47)(H,41,46)(H2,42,43,49)/t23?,24?,25?,28-,29+,30+,32-/m1/s1. The van der Waals surface area contributed by atoms with Gasteiger partial charge in [-0.3, -0.25) is 19.2 Å². The third kappa shape index (κ3) is 9.17. The van der Waals surface area contributed by atoms with Crippen LogP contribution in [0.4, 0.5) is 4.79 Å². The van der Waals surface area contributed by atoms with Crippen LogP contribution in [0.15, 0.2) is 29.0 Å². The number of fused-ring (bicyclic) bond motifs is 2. The Hall–Kier alpha value is -3.26. The summed E-state index contributed by atoms with van der Waals surface area (Å²) in [5.74, 6) is -2.05. The summed E-state index contributed by atoms with van der Waals surface area (Å²) in [4.78, 5) is 71.2. The quantitative estimate of drug-likeness (QED) is 0.172. The summed E-state index contributed by atoms with van der Waals surface area (Å²) in [6.45, 7) is 19.9. The lowest BCUT2D eigenvalue weighted by molar-refractivity contribution is -0.145. The van der Waals surface area contributed by atoms with Crippen molar-refractivity contribution in [2.75, 3.05) is 18.8 Å². The molecule has 7 atom stereocenters. The SMILES string of the molecule is C=CCNC(=O)C(=O)C(CC1CC1)NC(=O)[C@@H]1[C@@H]2C(CN1C(=O)[C@@H](NC(=O)N[C@H](CC1CCS(=O)(=O)c3ccsc3C1)C(C)(C)C)C(C)(C)C)C2(C)C. The maximum Gasteiger partial charge on any atom is 0.315 e. The molecule has 14 heteroatoms. The minimum atomic E-state index is -3.35. The van der Waals surface area contributed by atoms with Crippen molar-refractivity contribution in [1.82, 2.24) is 26.2 Å². The molecule has 2 aliphatic carbocycles. The molecule has 5 amide bonds. The van der Waals surface area contributed by atoms with Gasteiger partial charge in [0.2, 0.25) is 17.6 Å². The van der Waals surface area contributed by atoms with Crippen molar-refractivity contribution in [3.05, 3.63) is 29.0 Å². The molecule has 4 N–H and O–H groups in total. The first-order valence-corrected chi connectivity index (χ1v) is 21.5. The average Bonchev–Trinajstić information content (AvgIpc) is 3.81. The molecule has 1 aromatic heterocycles. The molecule has 0 radical (unpaired) electrons. The van der Waals surface area contributed by atoms with Gasteiger partial charge < -0.3 is 26.2 Å². The predicted molar refractivity (Wildman–Crippen MR) is 205 cm³/mol. The van der Waals surface area contributed by atoms with Crippen molar-refractivity contribution in [1.29, 1.82) is 0 Å². The Balaban J connectivity index is 1.31. The molecule has 3 fully saturated rings. The molecule has 53 heavy (non-hydrogen) atoms. The van der Waals surface area contributed by atoms with E-state index in [0.717, 1.165) is 17.7 Å². The smallest absolute Gasteiger partial charge is 0.315 e. The normalized spacial score (nSPS) is 26.1. The second-order valence-corrected chi connectivity index (χ2v) is 21.5. The van der Waals surface area contributed by atoms with Gasteiger partial charge in [-0.25, -0.2) is 13.2 Å². The number of Topliss-reactive ketones (excluding diaryl/α,β-unsaturated/α-hetero) is 1. The van der Waals surface area contributed by atoms with Gasteiger partial charge in [0, 0.05) is 24.0 Å².